The van der Waals surface area contributed by atoms with Crippen LogP contribution in [0.4, 0.5) is 9.18 Å². The zero-order chi connectivity index (χ0) is 14.1. The minimum Gasteiger partial charge on any atom is -0.352 e. The SMILES string of the molecule is CCCCC(NCCNC(N)=O)c1ccc(F)cc1. The number of primary amides is 1. The molecule has 0 aliphatic carbocycles. The van der Waals surface area contributed by atoms with E-state index in [-0.39, 0.29) is 11.9 Å². The predicted molar refractivity (Wildman–Crippen MR) is 74.3 cm³/mol. The molecule has 0 heterocycles. The van der Waals surface area contributed by atoms with Gasteiger partial charge in [-0.1, -0.05) is 31.9 Å². The predicted octanol–water partition coefficient (Wildman–Crippen LogP) is 2.31. The van der Waals surface area contributed by atoms with Gasteiger partial charge in [0.25, 0.3) is 0 Å². The van der Waals surface area contributed by atoms with Gasteiger partial charge in [-0.2, -0.15) is 0 Å². The van der Waals surface area contributed by atoms with Crippen molar-refractivity contribution in [1.29, 1.82) is 0 Å². The van der Waals surface area contributed by atoms with Crippen molar-refractivity contribution in [3.8, 4) is 0 Å². The van der Waals surface area contributed by atoms with E-state index in [1.54, 1.807) is 12.1 Å². The van der Waals surface area contributed by atoms with Crippen LogP contribution in [-0.4, -0.2) is 19.1 Å². The summed E-state index contributed by atoms with van der Waals surface area (Å²) in [7, 11) is 0. The molecule has 0 spiro atoms. The van der Waals surface area contributed by atoms with E-state index in [9.17, 15) is 9.18 Å². The number of carbonyl (C=O) groups is 1. The Morgan fingerprint density at radius 2 is 2.00 bits per heavy atom. The lowest BCUT2D eigenvalue weighted by Crippen LogP contribution is -2.36. The van der Waals surface area contributed by atoms with Crippen LogP contribution in [0, 0.1) is 5.82 Å². The van der Waals surface area contributed by atoms with Crippen molar-refractivity contribution in [2.75, 3.05) is 13.1 Å². The first-order chi connectivity index (χ1) is 9.13. The second-order valence-electron chi connectivity index (χ2n) is 4.49. The maximum atomic E-state index is 12.9. The maximum absolute atomic E-state index is 12.9. The van der Waals surface area contributed by atoms with Crippen LogP contribution in [-0.2, 0) is 0 Å². The number of hydrogen-bond acceptors (Lipinski definition) is 2. The summed E-state index contributed by atoms with van der Waals surface area (Å²) in [6.45, 7) is 3.25. The Morgan fingerprint density at radius 3 is 2.58 bits per heavy atom. The van der Waals surface area contributed by atoms with Gasteiger partial charge in [0.15, 0.2) is 0 Å². The molecular weight excluding hydrogens is 245 g/mol. The van der Waals surface area contributed by atoms with Crippen LogP contribution in [0.25, 0.3) is 0 Å². The number of benzene rings is 1. The fraction of sp³-hybridized carbons (Fsp3) is 0.500. The van der Waals surface area contributed by atoms with Crippen LogP contribution in [0.3, 0.4) is 0 Å². The van der Waals surface area contributed by atoms with Crippen LogP contribution in [0.1, 0.15) is 37.8 Å². The zero-order valence-corrected chi connectivity index (χ0v) is 11.3. The minimum absolute atomic E-state index is 0.176. The van der Waals surface area contributed by atoms with Gasteiger partial charge in [-0.3, -0.25) is 0 Å². The number of rotatable bonds is 8. The van der Waals surface area contributed by atoms with Gasteiger partial charge < -0.3 is 16.4 Å². The number of amides is 2. The molecule has 0 bridgehead atoms. The Morgan fingerprint density at radius 1 is 1.32 bits per heavy atom. The number of hydrogen-bond donors (Lipinski definition) is 3. The summed E-state index contributed by atoms with van der Waals surface area (Å²) in [4.78, 5) is 10.6. The second kappa shape index (κ2) is 8.48. The van der Waals surface area contributed by atoms with Crippen LogP contribution < -0.4 is 16.4 Å². The molecule has 4 N–H and O–H groups in total. The largest absolute Gasteiger partial charge is 0.352 e. The van der Waals surface area contributed by atoms with Gasteiger partial charge in [0.05, 0.1) is 0 Å². The van der Waals surface area contributed by atoms with Crippen LogP contribution in [0.5, 0.6) is 0 Å². The Hall–Kier alpha value is -1.62. The molecule has 0 saturated carbocycles. The van der Waals surface area contributed by atoms with Crippen LogP contribution in [0.15, 0.2) is 24.3 Å². The number of nitrogens with two attached hydrogens (primary N) is 1. The summed E-state index contributed by atoms with van der Waals surface area (Å²) < 4.78 is 12.9. The summed E-state index contributed by atoms with van der Waals surface area (Å²) in [5.74, 6) is -0.228. The van der Waals surface area contributed by atoms with Crippen molar-refractivity contribution in [3.05, 3.63) is 35.6 Å². The Bertz CT molecular complexity index is 381. The standard InChI is InChI=1S/C14H22FN3O/c1-2-3-4-13(17-9-10-18-14(16)19)11-5-7-12(15)8-6-11/h5-8,13,17H,2-4,9-10H2,1H3,(H3,16,18,19). The normalized spacial score (nSPS) is 12.1. The topological polar surface area (TPSA) is 67.2 Å². The van der Waals surface area contributed by atoms with E-state index in [1.807, 2.05) is 0 Å². The number of carbonyl (C=O) groups excluding carboxylic acids is 1. The fourth-order valence-electron chi connectivity index (χ4n) is 1.92. The van der Waals surface area contributed by atoms with Gasteiger partial charge in [-0.15, -0.1) is 0 Å². The third-order valence-electron chi connectivity index (χ3n) is 2.93. The van der Waals surface area contributed by atoms with E-state index in [0.29, 0.717) is 13.1 Å². The number of unbranched alkanes of at least 4 members (excludes halogenated alkanes) is 1. The molecule has 0 fully saturated rings. The van der Waals surface area contributed by atoms with E-state index in [1.165, 1.54) is 12.1 Å². The second-order valence-corrected chi connectivity index (χ2v) is 4.49. The first-order valence-corrected chi connectivity index (χ1v) is 6.65. The third-order valence-corrected chi connectivity index (χ3v) is 2.93. The molecule has 2 amide bonds. The minimum atomic E-state index is -0.520. The van der Waals surface area contributed by atoms with E-state index in [4.69, 9.17) is 5.73 Å². The molecule has 5 heteroatoms. The first kappa shape index (κ1) is 15.4. The zero-order valence-electron chi connectivity index (χ0n) is 11.3. The molecule has 0 aliphatic heterocycles. The highest BCUT2D eigenvalue weighted by Gasteiger charge is 2.10. The molecule has 0 radical (unpaired) electrons. The maximum Gasteiger partial charge on any atom is 0.312 e. The van der Waals surface area contributed by atoms with Crippen LogP contribution >= 0.6 is 0 Å². The van der Waals surface area contributed by atoms with E-state index >= 15 is 0 Å². The van der Waals surface area contributed by atoms with Crippen molar-refractivity contribution < 1.29 is 9.18 Å². The highest BCUT2D eigenvalue weighted by Crippen LogP contribution is 2.19. The Labute approximate surface area is 113 Å². The molecular formula is C14H22FN3O. The van der Waals surface area contributed by atoms with Gasteiger partial charge in [0.2, 0.25) is 0 Å². The molecule has 0 saturated heterocycles. The van der Waals surface area contributed by atoms with Gasteiger partial charge >= 0.3 is 6.03 Å². The summed E-state index contributed by atoms with van der Waals surface area (Å²) in [5, 5.41) is 5.89. The lowest BCUT2D eigenvalue weighted by molar-refractivity contribution is 0.248. The molecule has 1 unspecified atom stereocenters. The average Bonchev–Trinajstić information content (AvgIpc) is 2.39. The number of halogens is 1. The molecule has 1 aromatic rings. The van der Waals surface area contributed by atoms with E-state index < -0.39 is 6.03 Å². The van der Waals surface area contributed by atoms with Crippen molar-refractivity contribution in [2.45, 2.75) is 32.2 Å². The fourth-order valence-corrected chi connectivity index (χ4v) is 1.92. The first-order valence-electron chi connectivity index (χ1n) is 6.65. The molecule has 1 rings (SSSR count). The Balaban J connectivity index is 2.51. The average molecular weight is 267 g/mol. The van der Waals surface area contributed by atoms with Crippen molar-refractivity contribution >= 4 is 6.03 Å². The summed E-state index contributed by atoms with van der Waals surface area (Å²) >= 11 is 0. The smallest absolute Gasteiger partial charge is 0.312 e. The van der Waals surface area contributed by atoms with Gasteiger partial charge in [-0.05, 0) is 24.1 Å². The lowest BCUT2D eigenvalue weighted by Gasteiger charge is -2.19. The van der Waals surface area contributed by atoms with Gasteiger partial charge in [0.1, 0.15) is 5.82 Å². The summed E-state index contributed by atoms with van der Waals surface area (Å²) in [6, 6.07) is 6.19. The highest BCUT2D eigenvalue weighted by atomic mass is 19.1. The lowest BCUT2D eigenvalue weighted by atomic mass is 10.0. The molecule has 19 heavy (non-hydrogen) atoms. The van der Waals surface area contributed by atoms with Crippen LogP contribution in [0.2, 0.25) is 0 Å². The highest BCUT2D eigenvalue weighted by molar-refractivity contribution is 5.71. The monoisotopic (exact) mass is 267 g/mol. The molecule has 0 aromatic heterocycles. The molecule has 1 aromatic carbocycles. The quantitative estimate of drug-likeness (QED) is 0.633. The van der Waals surface area contributed by atoms with E-state index in [2.05, 4.69) is 17.6 Å². The number of urea groups is 1. The van der Waals surface area contributed by atoms with Crippen molar-refractivity contribution in [3.63, 3.8) is 0 Å². The summed E-state index contributed by atoms with van der Waals surface area (Å²) in [5.41, 5.74) is 6.06. The van der Waals surface area contributed by atoms with Crippen molar-refractivity contribution in [2.24, 2.45) is 5.73 Å². The third kappa shape index (κ3) is 6.20. The molecule has 106 valence electrons. The molecule has 1 atom stereocenters. The molecule has 4 nitrogen and oxygen atoms in total. The molecule has 0 aliphatic rings. The number of nitrogens with one attached hydrogen (secondary N) is 2. The van der Waals surface area contributed by atoms with Gasteiger partial charge in [-0.25, -0.2) is 9.18 Å². The summed E-state index contributed by atoms with van der Waals surface area (Å²) in [6.07, 6.45) is 3.19. The Kier molecular flexibility index (Phi) is 6.89. The van der Waals surface area contributed by atoms with Crippen molar-refractivity contribution in [1.82, 2.24) is 10.6 Å². The van der Waals surface area contributed by atoms with E-state index in [0.717, 1.165) is 24.8 Å². The van der Waals surface area contributed by atoms with Gasteiger partial charge in [0, 0.05) is 19.1 Å².